The lowest BCUT2D eigenvalue weighted by atomic mass is 10.2. The summed E-state index contributed by atoms with van der Waals surface area (Å²) in [4.78, 5) is 3.86. The minimum atomic E-state index is -0.285. The van der Waals surface area contributed by atoms with Gasteiger partial charge in [0, 0.05) is 12.3 Å². The molecule has 0 aliphatic carbocycles. The molecule has 0 amide bonds. The molecule has 1 aromatic heterocycles. The number of nitrogens with two attached hydrogens (primary N) is 1. The van der Waals surface area contributed by atoms with E-state index in [2.05, 4.69) is 4.98 Å². The van der Waals surface area contributed by atoms with Crippen LogP contribution in [0.15, 0.2) is 36.7 Å². The van der Waals surface area contributed by atoms with Crippen LogP contribution in [0.2, 0.25) is 0 Å². The van der Waals surface area contributed by atoms with Gasteiger partial charge in [0.1, 0.15) is 11.6 Å². The Kier molecular flexibility index (Phi) is 2.72. The monoisotopic (exact) mass is 218 g/mol. The van der Waals surface area contributed by atoms with E-state index in [0.29, 0.717) is 17.2 Å². The Labute approximate surface area is 92.7 Å². The van der Waals surface area contributed by atoms with E-state index in [1.54, 1.807) is 25.3 Å². The molecular weight excluding hydrogens is 207 g/mol. The predicted molar refractivity (Wildman–Crippen MR) is 59.9 cm³/mol. The van der Waals surface area contributed by atoms with Gasteiger partial charge >= 0.3 is 0 Å². The van der Waals surface area contributed by atoms with Crippen molar-refractivity contribution in [2.24, 2.45) is 0 Å². The van der Waals surface area contributed by atoms with E-state index in [4.69, 9.17) is 10.5 Å². The number of nitrogens with zero attached hydrogens (tertiary/aromatic N) is 1. The van der Waals surface area contributed by atoms with Gasteiger partial charge in [-0.1, -0.05) is 0 Å². The second-order valence-corrected chi connectivity index (χ2v) is 3.43. The van der Waals surface area contributed by atoms with Gasteiger partial charge in [-0.25, -0.2) is 4.39 Å². The summed E-state index contributed by atoms with van der Waals surface area (Å²) < 4.78 is 18.4. The molecule has 0 spiro atoms. The predicted octanol–water partition coefficient (Wildman–Crippen LogP) is 2.90. The van der Waals surface area contributed by atoms with Crippen molar-refractivity contribution in [2.75, 3.05) is 5.73 Å². The Hall–Kier alpha value is -2.10. The maximum absolute atomic E-state index is 12.9. The second kappa shape index (κ2) is 4.18. The lowest BCUT2D eigenvalue weighted by molar-refractivity contribution is 0.478. The fourth-order valence-corrected chi connectivity index (χ4v) is 1.33. The standard InChI is InChI=1S/C12H11FN2O/c1-8-6-9(13)2-3-11(8)16-12-4-5-15-7-10(12)14/h2-7H,14H2,1H3. The van der Waals surface area contributed by atoms with Gasteiger partial charge in [0.05, 0.1) is 11.9 Å². The fourth-order valence-electron chi connectivity index (χ4n) is 1.33. The smallest absolute Gasteiger partial charge is 0.153 e. The topological polar surface area (TPSA) is 48.1 Å². The summed E-state index contributed by atoms with van der Waals surface area (Å²) in [6, 6.07) is 6.00. The third-order valence-electron chi connectivity index (χ3n) is 2.17. The third-order valence-corrected chi connectivity index (χ3v) is 2.17. The SMILES string of the molecule is Cc1cc(F)ccc1Oc1ccncc1N. The Bertz CT molecular complexity index is 514. The lowest BCUT2D eigenvalue weighted by Crippen LogP contribution is -1.94. The third kappa shape index (κ3) is 2.11. The first-order valence-corrected chi connectivity index (χ1v) is 4.80. The van der Waals surface area contributed by atoms with E-state index in [1.807, 2.05) is 0 Å². The highest BCUT2D eigenvalue weighted by molar-refractivity contribution is 5.52. The number of benzene rings is 1. The van der Waals surface area contributed by atoms with Gasteiger partial charge in [-0.2, -0.15) is 0 Å². The summed E-state index contributed by atoms with van der Waals surface area (Å²) in [5.41, 5.74) is 6.86. The molecule has 2 aromatic rings. The van der Waals surface area contributed by atoms with Crippen LogP contribution in [0.25, 0.3) is 0 Å². The van der Waals surface area contributed by atoms with Crippen molar-refractivity contribution in [2.45, 2.75) is 6.92 Å². The molecule has 0 aliphatic rings. The zero-order valence-electron chi connectivity index (χ0n) is 8.77. The highest BCUT2D eigenvalue weighted by Crippen LogP contribution is 2.28. The fraction of sp³-hybridized carbons (Fsp3) is 0.0833. The number of rotatable bonds is 2. The van der Waals surface area contributed by atoms with Crippen molar-refractivity contribution in [1.82, 2.24) is 4.98 Å². The van der Waals surface area contributed by atoms with Crippen molar-refractivity contribution >= 4 is 5.69 Å². The van der Waals surface area contributed by atoms with E-state index in [1.165, 1.54) is 18.3 Å². The van der Waals surface area contributed by atoms with Crippen LogP contribution in [-0.4, -0.2) is 4.98 Å². The summed E-state index contributed by atoms with van der Waals surface area (Å²) in [5, 5.41) is 0. The van der Waals surface area contributed by atoms with Gasteiger partial charge in [0.15, 0.2) is 5.75 Å². The Morgan fingerprint density at radius 3 is 2.75 bits per heavy atom. The van der Waals surface area contributed by atoms with Crippen LogP contribution in [-0.2, 0) is 0 Å². The minimum absolute atomic E-state index is 0.285. The van der Waals surface area contributed by atoms with Gasteiger partial charge in [-0.05, 0) is 30.7 Å². The average Bonchev–Trinajstić information content (AvgIpc) is 2.25. The summed E-state index contributed by atoms with van der Waals surface area (Å²) in [6.45, 7) is 1.77. The van der Waals surface area contributed by atoms with Crippen molar-refractivity contribution in [3.63, 3.8) is 0 Å². The number of aryl methyl sites for hydroxylation is 1. The Morgan fingerprint density at radius 2 is 2.06 bits per heavy atom. The molecule has 0 saturated carbocycles. The van der Waals surface area contributed by atoms with Crippen molar-refractivity contribution in [3.05, 3.63) is 48.0 Å². The molecule has 0 radical (unpaired) electrons. The molecule has 82 valence electrons. The quantitative estimate of drug-likeness (QED) is 0.843. The first-order valence-electron chi connectivity index (χ1n) is 4.80. The molecule has 0 bridgehead atoms. The van der Waals surface area contributed by atoms with Crippen molar-refractivity contribution in [1.29, 1.82) is 0 Å². The number of nitrogen functional groups attached to an aromatic ring is 1. The first-order chi connectivity index (χ1) is 7.66. The van der Waals surface area contributed by atoms with Crippen molar-refractivity contribution in [3.8, 4) is 11.5 Å². The molecule has 0 saturated heterocycles. The Morgan fingerprint density at radius 1 is 1.25 bits per heavy atom. The van der Waals surface area contributed by atoms with Crippen LogP contribution in [0.3, 0.4) is 0 Å². The van der Waals surface area contributed by atoms with Gasteiger partial charge in [-0.15, -0.1) is 0 Å². The first kappa shape index (κ1) is 10.4. The number of hydrogen-bond acceptors (Lipinski definition) is 3. The molecule has 0 unspecified atom stereocenters. The molecule has 16 heavy (non-hydrogen) atoms. The molecule has 1 aromatic carbocycles. The summed E-state index contributed by atoms with van der Waals surface area (Å²) in [7, 11) is 0. The zero-order valence-corrected chi connectivity index (χ0v) is 8.77. The van der Waals surface area contributed by atoms with Crippen LogP contribution in [0, 0.1) is 12.7 Å². The summed E-state index contributed by atoms with van der Waals surface area (Å²) >= 11 is 0. The van der Waals surface area contributed by atoms with E-state index in [0.717, 1.165) is 5.56 Å². The van der Waals surface area contributed by atoms with E-state index in [-0.39, 0.29) is 5.82 Å². The number of anilines is 1. The number of pyridine rings is 1. The molecule has 2 N–H and O–H groups in total. The average molecular weight is 218 g/mol. The molecule has 0 aliphatic heterocycles. The largest absolute Gasteiger partial charge is 0.455 e. The second-order valence-electron chi connectivity index (χ2n) is 3.43. The molecular formula is C12H11FN2O. The van der Waals surface area contributed by atoms with Crippen molar-refractivity contribution < 1.29 is 9.13 Å². The van der Waals surface area contributed by atoms with Gasteiger partial charge in [-0.3, -0.25) is 4.98 Å². The van der Waals surface area contributed by atoms with Crippen LogP contribution in [0.1, 0.15) is 5.56 Å². The Balaban J connectivity index is 2.31. The summed E-state index contributed by atoms with van der Waals surface area (Å²) in [5.74, 6) is 0.816. The van der Waals surface area contributed by atoms with Crippen LogP contribution < -0.4 is 10.5 Å². The normalized spacial score (nSPS) is 10.1. The maximum atomic E-state index is 12.9. The molecule has 0 atom stereocenters. The van der Waals surface area contributed by atoms with Crippen LogP contribution >= 0.6 is 0 Å². The highest BCUT2D eigenvalue weighted by atomic mass is 19.1. The number of halogens is 1. The van der Waals surface area contributed by atoms with Gasteiger partial charge in [0.2, 0.25) is 0 Å². The van der Waals surface area contributed by atoms with Gasteiger partial charge < -0.3 is 10.5 Å². The van der Waals surface area contributed by atoms with E-state index in [9.17, 15) is 4.39 Å². The zero-order chi connectivity index (χ0) is 11.5. The van der Waals surface area contributed by atoms with E-state index < -0.39 is 0 Å². The molecule has 1 heterocycles. The van der Waals surface area contributed by atoms with Crippen LogP contribution in [0.4, 0.5) is 10.1 Å². The molecule has 3 nitrogen and oxygen atoms in total. The maximum Gasteiger partial charge on any atom is 0.153 e. The molecule has 0 fully saturated rings. The van der Waals surface area contributed by atoms with E-state index >= 15 is 0 Å². The minimum Gasteiger partial charge on any atom is -0.455 e. The molecule has 4 heteroatoms. The number of ether oxygens (including phenoxy) is 1. The van der Waals surface area contributed by atoms with Gasteiger partial charge in [0.25, 0.3) is 0 Å². The van der Waals surface area contributed by atoms with Crippen LogP contribution in [0.5, 0.6) is 11.5 Å². The number of hydrogen-bond donors (Lipinski definition) is 1. The highest BCUT2D eigenvalue weighted by Gasteiger charge is 2.05. The number of aromatic nitrogens is 1. The molecule has 2 rings (SSSR count). The summed E-state index contributed by atoms with van der Waals surface area (Å²) in [6.07, 6.45) is 3.10. The lowest BCUT2D eigenvalue weighted by Gasteiger charge is -2.09.